The summed E-state index contributed by atoms with van der Waals surface area (Å²) in [5.41, 5.74) is 2.28. The van der Waals surface area contributed by atoms with Gasteiger partial charge in [0.15, 0.2) is 0 Å². The number of phenolic OH excluding ortho intramolecular Hbond substituents is 1. The van der Waals surface area contributed by atoms with Crippen LogP contribution in [-0.2, 0) is 0 Å². The minimum absolute atomic E-state index is 0.0104. The Hall–Kier alpha value is -5.74. The van der Waals surface area contributed by atoms with E-state index in [-0.39, 0.29) is 54.7 Å². The maximum absolute atomic E-state index is 13.2. The molecule has 0 aliphatic rings. The molecule has 0 spiro atoms. The van der Waals surface area contributed by atoms with Crippen molar-refractivity contribution in [3.8, 4) is 17.2 Å². The minimum Gasteiger partial charge on any atom is -0.506 e. The fourth-order valence-corrected chi connectivity index (χ4v) is 7.33. The smallest absolute Gasteiger partial charge is 0.264 e. The Kier molecular flexibility index (Phi) is 13.0. The zero-order valence-corrected chi connectivity index (χ0v) is 32.1. The van der Waals surface area contributed by atoms with Gasteiger partial charge in [-0.1, -0.05) is 65.7 Å². The molecule has 6 aromatic rings. The van der Waals surface area contributed by atoms with Crippen LogP contribution in [0, 0.1) is 0 Å². The average molecular weight is 832 g/mol. The molecule has 2 aromatic heterocycles. The van der Waals surface area contributed by atoms with Crippen molar-refractivity contribution in [3.63, 3.8) is 0 Å². The van der Waals surface area contributed by atoms with Crippen molar-refractivity contribution in [2.24, 2.45) is 0 Å². The predicted octanol–water partition coefficient (Wildman–Crippen LogP) is 8.05. The molecule has 7 N–H and O–H groups in total. The largest absolute Gasteiger partial charge is 0.506 e. The van der Waals surface area contributed by atoms with Gasteiger partial charge in [-0.05, 0) is 82.6 Å². The van der Waals surface area contributed by atoms with E-state index in [2.05, 4.69) is 21.3 Å². The molecule has 0 saturated carbocycles. The summed E-state index contributed by atoms with van der Waals surface area (Å²) in [4.78, 5) is 52.7. The zero-order chi connectivity index (χ0) is 39.8. The Morgan fingerprint density at radius 2 is 1.11 bits per heavy atom. The molecule has 286 valence electrons. The number of ether oxygens (including phenoxy) is 1. The van der Waals surface area contributed by atoms with Crippen molar-refractivity contribution >= 4 is 80.9 Å². The van der Waals surface area contributed by atoms with Gasteiger partial charge in [-0.2, -0.15) is 0 Å². The number of halogens is 2. The number of phenols is 1. The molecule has 6 rings (SSSR count). The second-order valence-electron chi connectivity index (χ2n) is 12.0. The lowest BCUT2D eigenvalue weighted by molar-refractivity contribution is 0.0913. The number of rotatable bonds is 14. The molecule has 0 aliphatic heterocycles. The number of aromatic hydroxyl groups is 1. The van der Waals surface area contributed by atoms with Gasteiger partial charge in [0.05, 0.1) is 46.7 Å². The number of hydrogen-bond donors (Lipinski definition) is 7. The van der Waals surface area contributed by atoms with Gasteiger partial charge in [-0.25, -0.2) is 0 Å². The first-order valence-corrected chi connectivity index (χ1v) is 19.3. The number of nitrogens with one attached hydrogen (secondary N) is 4. The summed E-state index contributed by atoms with van der Waals surface area (Å²) < 4.78 is 5.95. The molecule has 0 radical (unpaired) electrons. The van der Waals surface area contributed by atoms with Gasteiger partial charge >= 0.3 is 0 Å². The maximum Gasteiger partial charge on any atom is 0.264 e. The molecule has 56 heavy (non-hydrogen) atoms. The third-order valence-electron chi connectivity index (χ3n) is 8.33. The standard InChI is InChI=1S/C40H32Cl2N4O8S2/c41-27-18-24(8-12-33(27)49)37(50)43-29-14-16-56-36(29)40(53)46-32(21-48)23-6-10-26(11-7-23)54-34-13-9-25(19-28(34)42)38(51)44-30-15-17-55-35(30)39(52)45-31(20-47)22-4-2-1-3-5-22/h1-19,31-32,47-49H,20-21H2,(H,43,50)(H,44,51)(H,45,52)(H,46,53)/t31-,32+/m0/s1. The molecular formula is C40H32Cl2N4O8S2. The molecule has 0 bridgehead atoms. The van der Waals surface area contributed by atoms with Gasteiger partial charge in [0.25, 0.3) is 23.6 Å². The molecule has 2 atom stereocenters. The Balaban J connectivity index is 1.05. The van der Waals surface area contributed by atoms with E-state index < -0.39 is 42.3 Å². The Bertz CT molecular complexity index is 2370. The molecule has 4 amide bonds. The summed E-state index contributed by atoms with van der Waals surface area (Å²) in [7, 11) is 0. The van der Waals surface area contributed by atoms with Crippen LogP contribution < -0.4 is 26.0 Å². The second kappa shape index (κ2) is 18.3. The van der Waals surface area contributed by atoms with E-state index in [1.54, 1.807) is 59.3 Å². The number of carbonyl (C=O) groups is 4. The molecule has 16 heteroatoms. The van der Waals surface area contributed by atoms with Crippen LogP contribution in [0.4, 0.5) is 11.4 Å². The van der Waals surface area contributed by atoms with Gasteiger partial charge in [0, 0.05) is 11.1 Å². The van der Waals surface area contributed by atoms with Crippen LogP contribution in [0.25, 0.3) is 0 Å². The summed E-state index contributed by atoms with van der Waals surface area (Å²) in [6.45, 7) is -0.724. The van der Waals surface area contributed by atoms with Crippen LogP contribution in [0.3, 0.4) is 0 Å². The first-order valence-electron chi connectivity index (χ1n) is 16.8. The first kappa shape index (κ1) is 39.9. The van der Waals surface area contributed by atoms with Crippen LogP contribution >= 0.6 is 45.9 Å². The van der Waals surface area contributed by atoms with Crippen LogP contribution in [0.5, 0.6) is 17.2 Å². The minimum atomic E-state index is -0.797. The number of carbonyl (C=O) groups excluding carboxylic acids is 4. The predicted molar refractivity (Wildman–Crippen MR) is 217 cm³/mol. The number of aliphatic hydroxyl groups excluding tert-OH is 2. The quantitative estimate of drug-likeness (QED) is 0.0575. The highest BCUT2D eigenvalue weighted by Crippen LogP contribution is 2.33. The number of thiophene rings is 2. The van der Waals surface area contributed by atoms with Gasteiger partial charge in [0.2, 0.25) is 0 Å². The number of hydrogen-bond acceptors (Lipinski definition) is 10. The van der Waals surface area contributed by atoms with Crippen molar-refractivity contribution in [2.75, 3.05) is 23.8 Å². The van der Waals surface area contributed by atoms with Crippen LogP contribution in [-0.4, -0.2) is 52.2 Å². The third kappa shape index (κ3) is 9.55. The van der Waals surface area contributed by atoms with Crippen molar-refractivity contribution in [2.45, 2.75) is 12.1 Å². The summed E-state index contributed by atoms with van der Waals surface area (Å²) in [5.74, 6) is -1.52. The Labute approximate surface area is 338 Å². The van der Waals surface area contributed by atoms with Gasteiger partial charge in [-0.3, -0.25) is 19.2 Å². The van der Waals surface area contributed by atoms with E-state index in [4.69, 9.17) is 27.9 Å². The third-order valence-corrected chi connectivity index (χ3v) is 10.8. The fourth-order valence-electron chi connectivity index (χ4n) is 5.43. The van der Waals surface area contributed by atoms with Crippen molar-refractivity contribution < 1.29 is 39.2 Å². The summed E-state index contributed by atoms with van der Waals surface area (Å²) in [6, 6.07) is 25.9. The molecular weight excluding hydrogens is 799 g/mol. The summed E-state index contributed by atoms with van der Waals surface area (Å²) in [5, 5.41) is 44.1. The average Bonchev–Trinajstić information content (AvgIpc) is 3.88. The highest BCUT2D eigenvalue weighted by molar-refractivity contribution is 7.13. The lowest BCUT2D eigenvalue weighted by atomic mass is 10.1. The van der Waals surface area contributed by atoms with E-state index in [1.165, 1.54) is 36.4 Å². The first-order chi connectivity index (χ1) is 27.0. The van der Waals surface area contributed by atoms with E-state index in [1.807, 2.05) is 18.2 Å². The zero-order valence-electron chi connectivity index (χ0n) is 29.0. The lowest BCUT2D eigenvalue weighted by Gasteiger charge is -2.18. The topological polar surface area (TPSA) is 186 Å². The number of benzene rings is 4. The molecule has 0 unspecified atom stereocenters. The Morgan fingerprint density at radius 1 is 0.607 bits per heavy atom. The van der Waals surface area contributed by atoms with Crippen molar-refractivity contribution in [3.05, 3.63) is 156 Å². The monoisotopic (exact) mass is 830 g/mol. The van der Waals surface area contributed by atoms with E-state index in [0.29, 0.717) is 17.0 Å². The van der Waals surface area contributed by atoms with Gasteiger partial charge in [-0.15, -0.1) is 22.7 Å². The SMILES string of the molecule is O=C(Nc1ccsc1C(=O)N[C@@H](CO)c1ccccc1)c1ccc(Oc2ccc([C@@H](CO)NC(=O)c3sccc3NC(=O)c3ccc(O)c(Cl)c3)cc2)c(Cl)c1. The fraction of sp³-hybridized carbons (Fsp3) is 0.100. The Morgan fingerprint density at radius 3 is 1.61 bits per heavy atom. The van der Waals surface area contributed by atoms with Crippen LogP contribution in [0.2, 0.25) is 10.0 Å². The number of aliphatic hydroxyl groups is 2. The van der Waals surface area contributed by atoms with Crippen molar-refractivity contribution in [1.82, 2.24) is 10.6 Å². The van der Waals surface area contributed by atoms with Crippen LogP contribution in [0.1, 0.15) is 63.3 Å². The molecule has 0 aliphatic carbocycles. The maximum atomic E-state index is 13.2. The molecule has 2 heterocycles. The lowest BCUT2D eigenvalue weighted by Crippen LogP contribution is -2.31. The molecule has 0 saturated heterocycles. The van der Waals surface area contributed by atoms with Gasteiger partial charge < -0.3 is 41.3 Å². The molecule has 4 aromatic carbocycles. The van der Waals surface area contributed by atoms with E-state index >= 15 is 0 Å². The highest BCUT2D eigenvalue weighted by atomic mass is 35.5. The normalized spacial score (nSPS) is 11.9. The summed E-state index contributed by atoms with van der Waals surface area (Å²) in [6.07, 6.45) is 0. The van der Waals surface area contributed by atoms with E-state index in [9.17, 15) is 34.5 Å². The number of amides is 4. The number of anilines is 2. The van der Waals surface area contributed by atoms with Crippen LogP contribution in [0.15, 0.2) is 114 Å². The highest BCUT2D eigenvalue weighted by Gasteiger charge is 2.22. The van der Waals surface area contributed by atoms with Gasteiger partial charge in [0.1, 0.15) is 27.0 Å². The van der Waals surface area contributed by atoms with Crippen molar-refractivity contribution in [1.29, 1.82) is 0 Å². The molecule has 0 fully saturated rings. The summed E-state index contributed by atoms with van der Waals surface area (Å²) >= 11 is 14.7. The second-order valence-corrected chi connectivity index (χ2v) is 14.7. The molecule has 12 nitrogen and oxygen atoms in total. The van der Waals surface area contributed by atoms with E-state index in [0.717, 1.165) is 28.2 Å².